The first-order valence-corrected chi connectivity index (χ1v) is 8.74. The van der Waals surface area contributed by atoms with E-state index in [0.29, 0.717) is 5.92 Å². The maximum atomic E-state index is 12.6. The molecule has 2 aliphatic rings. The van der Waals surface area contributed by atoms with Gasteiger partial charge in [0.2, 0.25) is 0 Å². The fourth-order valence-electron chi connectivity index (χ4n) is 2.95. The highest BCUT2D eigenvalue weighted by Gasteiger charge is 2.27. The van der Waals surface area contributed by atoms with Crippen molar-refractivity contribution in [3.63, 3.8) is 0 Å². The lowest BCUT2D eigenvalue weighted by Crippen LogP contribution is -2.26. The van der Waals surface area contributed by atoms with Crippen LogP contribution in [0.25, 0.3) is 0 Å². The smallest absolute Gasteiger partial charge is 0.256 e. The number of para-hydroxylation sites is 1. The molecule has 1 amide bonds. The Morgan fingerprint density at radius 1 is 1.32 bits per heavy atom. The molecular formula is C18H21NO2S. The molecule has 2 atom stereocenters. The highest BCUT2D eigenvalue weighted by atomic mass is 32.2. The molecule has 4 heteroatoms. The summed E-state index contributed by atoms with van der Waals surface area (Å²) in [6, 6.07) is 9.62. The van der Waals surface area contributed by atoms with Crippen LogP contribution in [0.1, 0.15) is 19.8 Å². The molecule has 0 radical (unpaired) electrons. The molecule has 3 nitrogen and oxygen atoms in total. The van der Waals surface area contributed by atoms with Gasteiger partial charge in [-0.25, -0.2) is 0 Å². The Bertz CT molecular complexity index is 594. The van der Waals surface area contributed by atoms with Gasteiger partial charge >= 0.3 is 0 Å². The molecule has 1 fully saturated rings. The average molecular weight is 315 g/mol. The number of amides is 1. The van der Waals surface area contributed by atoms with Crippen LogP contribution in [0.2, 0.25) is 0 Å². The first-order valence-electron chi connectivity index (χ1n) is 7.75. The molecule has 1 saturated heterocycles. The van der Waals surface area contributed by atoms with E-state index in [2.05, 4.69) is 18.3 Å². The Kier molecular flexibility index (Phi) is 5.01. The van der Waals surface area contributed by atoms with Crippen molar-refractivity contribution >= 4 is 23.4 Å². The zero-order valence-corrected chi connectivity index (χ0v) is 13.6. The predicted molar refractivity (Wildman–Crippen MR) is 91.8 cm³/mol. The predicted octanol–water partition coefficient (Wildman–Crippen LogP) is 4.00. The first-order chi connectivity index (χ1) is 10.7. The fourth-order valence-corrected chi connectivity index (χ4v) is 4.08. The maximum Gasteiger partial charge on any atom is 0.256 e. The summed E-state index contributed by atoms with van der Waals surface area (Å²) in [5.41, 5.74) is 1.66. The molecule has 0 aromatic heterocycles. The van der Waals surface area contributed by atoms with E-state index in [9.17, 15) is 4.79 Å². The maximum absolute atomic E-state index is 12.6. The molecular weight excluding hydrogens is 294 g/mol. The third kappa shape index (κ3) is 3.62. The summed E-state index contributed by atoms with van der Waals surface area (Å²) in [5, 5.41) is 3.00. The van der Waals surface area contributed by atoms with E-state index in [0.717, 1.165) is 36.5 Å². The average Bonchev–Trinajstić information content (AvgIpc) is 2.56. The summed E-state index contributed by atoms with van der Waals surface area (Å²) in [7, 11) is 0. The lowest BCUT2D eigenvalue weighted by atomic mass is 9.93. The highest BCUT2D eigenvalue weighted by molar-refractivity contribution is 8.03. The van der Waals surface area contributed by atoms with Crippen molar-refractivity contribution in [2.45, 2.75) is 25.9 Å². The third-order valence-corrected chi connectivity index (χ3v) is 5.24. The van der Waals surface area contributed by atoms with E-state index in [1.807, 2.05) is 36.4 Å². The largest absolute Gasteiger partial charge is 0.378 e. The lowest BCUT2D eigenvalue weighted by molar-refractivity contribution is -0.112. The molecule has 3 rings (SSSR count). The minimum atomic E-state index is -0.0104. The molecule has 22 heavy (non-hydrogen) atoms. The molecule has 0 spiro atoms. The van der Waals surface area contributed by atoms with Crippen molar-refractivity contribution in [1.82, 2.24) is 0 Å². The zero-order chi connectivity index (χ0) is 15.4. The van der Waals surface area contributed by atoms with Crippen molar-refractivity contribution in [3.8, 4) is 0 Å². The number of rotatable bonds is 3. The molecule has 1 N–H and O–H groups in total. The Morgan fingerprint density at radius 2 is 2.14 bits per heavy atom. The van der Waals surface area contributed by atoms with Crippen LogP contribution in [0, 0.1) is 5.92 Å². The standard InChI is InChI=1S/C18H21NO2S/c1-13-12-14(9-10-21-13)17-16(8-5-11-22-17)18(20)19-15-6-3-2-4-7-15/h2-8,13-14H,9-12H2,1H3,(H,19,20). The van der Waals surface area contributed by atoms with Crippen LogP contribution in [-0.4, -0.2) is 24.4 Å². The van der Waals surface area contributed by atoms with Gasteiger partial charge < -0.3 is 10.1 Å². The van der Waals surface area contributed by atoms with Crippen molar-refractivity contribution < 1.29 is 9.53 Å². The van der Waals surface area contributed by atoms with E-state index >= 15 is 0 Å². The number of hydrogen-bond acceptors (Lipinski definition) is 3. The molecule has 2 heterocycles. The van der Waals surface area contributed by atoms with Gasteiger partial charge in [0, 0.05) is 28.5 Å². The second kappa shape index (κ2) is 7.16. The minimum Gasteiger partial charge on any atom is -0.378 e. The molecule has 2 unspecified atom stereocenters. The van der Waals surface area contributed by atoms with Gasteiger partial charge in [0.05, 0.1) is 6.10 Å². The van der Waals surface area contributed by atoms with Crippen molar-refractivity contribution in [3.05, 3.63) is 53.0 Å². The molecule has 1 aromatic carbocycles. The van der Waals surface area contributed by atoms with Gasteiger partial charge in [-0.1, -0.05) is 30.4 Å². The third-order valence-electron chi connectivity index (χ3n) is 4.02. The second-order valence-corrected chi connectivity index (χ2v) is 6.78. The van der Waals surface area contributed by atoms with Gasteiger partial charge in [-0.15, -0.1) is 11.8 Å². The Hall–Kier alpha value is -1.52. The van der Waals surface area contributed by atoms with E-state index in [4.69, 9.17) is 4.74 Å². The van der Waals surface area contributed by atoms with E-state index in [-0.39, 0.29) is 12.0 Å². The molecule has 116 valence electrons. The monoisotopic (exact) mass is 315 g/mol. The summed E-state index contributed by atoms with van der Waals surface area (Å²) in [4.78, 5) is 13.9. The highest BCUT2D eigenvalue weighted by Crippen LogP contribution is 2.38. The van der Waals surface area contributed by atoms with Crippen molar-refractivity contribution in [1.29, 1.82) is 0 Å². The van der Waals surface area contributed by atoms with Crippen molar-refractivity contribution in [2.75, 3.05) is 17.7 Å². The number of thioether (sulfide) groups is 1. The molecule has 0 aliphatic carbocycles. The van der Waals surface area contributed by atoms with E-state index < -0.39 is 0 Å². The van der Waals surface area contributed by atoms with Crippen LogP contribution in [0.4, 0.5) is 5.69 Å². The summed E-state index contributed by atoms with van der Waals surface area (Å²) in [6.07, 6.45) is 6.32. The van der Waals surface area contributed by atoms with Crippen LogP contribution in [-0.2, 0) is 9.53 Å². The number of ether oxygens (including phenoxy) is 1. The molecule has 0 bridgehead atoms. The molecule has 0 saturated carbocycles. The van der Waals surface area contributed by atoms with Gasteiger partial charge in [-0.05, 0) is 37.8 Å². The number of benzene rings is 1. The quantitative estimate of drug-likeness (QED) is 0.916. The van der Waals surface area contributed by atoms with Gasteiger partial charge in [-0.3, -0.25) is 4.79 Å². The van der Waals surface area contributed by atoms with Gasteiger partial charge in [-0.2, -0.15) is 0 Å². The summed E-state index contributed by atoms with van der Waals surface area (Å²) in [5.74, 6) is 1.38. The van der Waals surface area contributed by atoms with Gasteiger partial charge in [0.25, 0.3) is 5.91 Å². The number of hydrogen-bond donors (Lipinski definition) is 1. The Balaban J connectivity index is 1.81. The molecule has 1 aromatic rings. The number of anilines is 1. The Morgan fingerprint density at radius 3 is 2.91 bits per heavy atom. The van der Waals surface area contributed by atoms with Crippen LogP contribution in [0.3, 0.4) is 0 Å². The Labute approximate surface area is 135 Å². The molecule has 2 aliphatic heterocycles. The fraction of sp³-hybridized carbons (Fsp3) is 0.389. The summed E-state index contributed by atoms with van der Waals surface area (Å²) in [6.45, 7) is 2.90. The number of carbonyl (C=O) groups excluding carboxylic acids is 1. The topological polar surface area (TPSA) is 38.3 Å². The van der Waals surface area contributed by atoms with Gasteiger partial charge in [0.15, 0.2) is 0 Å². The normalized spacial score (nSPS) is 25.1. The minimum absolute atomic E-state index is 0.0104. The van der Waals surface area contributed by atoms with Crippen LogP contribution in [0.15, 0.2) is 53.0 Å². The van der Waals surface area contributed by atoms with Crippen molar-refractivity contribution in [2.24, 2.45) is 5.92 Å². The first kappa shape index (κ1) is 15.4. The van der Waals surface area contributed by atoms with Crippen LogP contribution >= 0.6 is 11.8 Å². The summed E-state index contributed by atoms with van der Waals surface area (Å²) >= 11 is 1.80. The SMILES string of the molecule is CC1CC(C2=C(C(=O)Nc3ccccc3)C=CCS2)CCO1. The number of allylic oxidation sites excluding steroid dienone is 1. The second-order valence-electron chi connectivity index (χ2n) is 5.71. The lowest BCUT2D eigenvalue weighted by Gasteiger charge is -2.30. The number of carbonyl (C=O) groups is 1. The van der Waals surface area contributed by atoms with Crippen LogP contribution in [0.5, 0.6) is 0 Å². The number of nitrogens with one attached hydrogen (secondary N) is 1. The zero-order valence-electron chi connectivity index (χ0n) is 12.7. The van der Waals surface area contributed by atoms with E-state index in [1.54, 1.807) is 11.8 Å². The summed E-state index contributed by atoms with van der Waals surface area (Å²) < 4.78 is 5.64. The van der Waals surface area contributed by atoms with E-state index in [1.165, 1.54) is 4.91 Å². The van der Waals surface area contributed by atoms with Gasteiger partial charge in [0.1, 0.15) is 0 Å². The van der Waals surface area contributed by atoms with Crippen LogP contribution < -0.4 is 5.32 Å².